The fourth-order valence-electron chi connectivity index (χ4n) is 3.43. The summed E-state index contributed by atoms with van der Waals surface area (Å²) in [7, 11) is 1.40. The first-order valence-electron chi connectivity index (χ1n) is 11.2. The summed E-state index contributed by atoms with van der Waals surface area (Å²) < 4.78 is 48.1. The molecule has 1 atom stereocenters. The summed E-state index contributed by atoms with van der Waals surface area (Å²) in [6.07, 6.45) is 2.73. The van der Waals surface area contributed by atoms with Crippen molar-refractivity contribution in [2.24, 2.45) is 12.8 Å². The first-order valence-corrected chi connectivity index (χ1v) is 11.6. The van der Waals surface area contributed by atoms with E-state index in [0.29, 0.717) is 6.61 Å². The first kappa shape index (κ1) is 28.7. The molecule has 0 fully saturated rings. The number of halogens is 4. The van der Waals surface area contributed by atoms with Crippen LogP contribution in [0.4, 0.5) is 18.9 Å². The van der Waals surface area contributed by atoms with E-state index in [1.807, 2.05) is 0 Å². The summed E-state index contributed by atoms with van der Waals surface area (Å²) in [4.78, 5) is 29.2. The van der Waals surface area contributed by atoms with Gasteiger partial charge in [-0.15, -0.1) is 6.42 Å². The van der Waals surface area contributed by atoms with Crippen molar-refractivity contribution in [2.75, 3.05) is 25.1 Å². The molecule has 1 aromatic carbocycles. The number of anilines is 1. The maximum Gasteiger partial charge on any atom is 0.435 e. The average molecular weight is 552 g/mol. The number of imidazole rings is 1. The molecule has 0 bridgehead atoms. The number of ether oxygens (including phenoxy) is 1. The lowest BCUT2D eigenvalue weighted by molar-refractivity contribution is -0.141. The fourth-order valence-corrected chi connectivity index (χ4v) is 3.70. The molecule has 38 heavy (non-hydrogen) atoms. The second-order valence-corrected chi connectivity index (χ2v) is 8.68. The Kier molecular flexibility index (Phi) is 9.16. The van der Waals surface area contributed by atoms with Crippen molar-refractivity contribution in [3.05, 3.63) is 52.7 Å². The van der Waals surface area contributed by atoms with Gasteiger partial charge in [-0.1, -0.05) is 17.5 Å². The lowest BCUT2D eigenvalue weighted by atomic mass is 10.2. The van der Waals surface area contributed by atoms with Crippen LogP contribution in [-0.4, -0.2) is 56.9 Å². The van der Waals surface area contributed by atoms with Crippen LogP contribution in [0.2, 0.25) is 5.02 Å². The van der Waals surface area contributed by atoms with Gasteiger partial charge < -0.3 is 25.7 Å². The standard InChI is InChI=1S/C24H25ClF3N7O3/c1-4-8-35-12-17(20(33-35)24(26,27)28)19-11-31-21(34(19)3)23(37)32-15-5-6-16(18(25)10-15)22(36)30-7-9-38-13-14(2)29/h1,5-6,10-12,14H,7-9,13,29H2,2-3H3,(H,30,36)(H,32,37)/t14-/m1/s1. The Balaban J connectivity index is 1.72. The van der Waals surface area contributed by atoms with Crippen molar-refractivity contribution in [3.63, 3.8) is 0 Å². The highest BCUT2D eigenvalue weighted by Gasteiger charge is 2.38. The zero-order chi connectivity index (χ0) is 28.0. The number of amides is 2. The Labute approximate surface area is 221 Å². The number of carbonyl (C=O) groups excluding carboxylic acids is 2. The molecule has 0 aliphatic rings. The summed E-state index contributed by atoms with van der Waals surface area (Å²) in [6, 6.07) is 4.14. The largest absolute Gasteiger partial charge is 0.435 e. The van der Waals surface area contributed by atoms with Crippen molar-refractivity contribution in [1.29, 1.82) is 0 Å². The van der Waals surface area contributed by atoms with Gasteiger partial charge in [0.2, 0.25) is 0 Å². The molecule has 3 aromatic rings. The zero-order valence-corrected chi connectivity index (χ0v) is 21.2. The number of hydrogen-bond acceptors (Lipinski definition) is 6. The molecule has 202 valence electrons. The van der Waals surface area contributed by atoms with Gasteiger partial charge in [0, 0.05) is 31.5 Å². The second kappa shape index (κ2) is 12.1. The number of hydrogen-bond donors (Lipinski definition) is 3. The minimum atomic E-state index is -4.75. The van der Waals surface area contributed by atoms with Crippen molar-refractivity contribution in [1.82, 2.24) is 24.6 Å². The van der Waals surface area contributed by atoms with E-state index in [1.165, 1.54) is 29.8 Å². The number of alkyl halides is 3. The topological polar surface area (TPSA) is 129 Å². The van der Waals surface area contributed by atoms with Crippen LogP contribution in [-0.2, 0) is 24.5 Å². The number of benzene rings is 1. The molecule has 0 saturated heterocycles. The molecule has 0 spiro atoms. The van der Waals surface area contributed by atoms with E-state index >= 15 is 0 Å². The third kappa shape index (κ3) is 6.91. The summed E-state index contributed by atoms with van der Waals surface area (Å²) in [6.45, 7) is 2.53. The van der Waals surface area contributed by atoms with Gasteiger partial charge in [0.05, 0.1) is 41.3 Å². The van der Waals surface area contributed by atoms with Crippen molar-refractivity contribution >= 4 is 29.1 Å². The molecule has 2 amide bonds. The predicted molar refractivity (Wildman–Crippen MR) is 134 cm³/mol. The van der Waals surface area contributed by atoms with Crippen LogP contribution in [0, 0.1) is 12.3 Å². The lowest BCUT2D eigenvalue weighted by Crippen LogP contribution is -2.29. The Bertz CT molecular complexity index is 1360. The van der Waals surface area contributed by atoms with Crippen LogP contribution in [0.25, 0.3) is 11.3 Å². The van der Waals surface area contributed by atoms with Crippen molar-refractivity contribution in [3.8, 4) is 23.6 Å². The Morgan fingerprint density at radius 1 is 1.32 bits per heavy atom. The summed E-state index contributed by atoms with van der Waals surface area (Å²) in [5, 5.41) is 8.84. The van der Waals surface area contributed by atoms with E-state index in [9.17, 15) is 22.8 Å². The van der Waals surface area contributed by atoms with Gasteiger partial charge >= 0.3 is 6.18 Å². The van der Waals surface area contributed by atoms with Crippen LogP contribution in [0.3, 0.4) is 0 Å². The Morgan fingerprint density at radius 2 is 2.05 bits per heavy atom. The molecule has 0 saturated carbocycles. The quantitative estimate of drug-likeness (QED) is 0.262. The molecule has 2 heterocycles. The summed E-state index contributed by atoms with van der Waals surface area (Å²) in [5.74, 6) is 0.924. The molecular weight excluding hydrogens is 527 g/mol. The number of nitrogens with zero attached hydrogens (tertiary/aromatic N) is 4. The number of rotatable bonds is 10. The summed E-state index contributed by atoms with van der Waals surface area (Å²) in [5.41, 5.74) is 4.60. The van der Waals surface area contributed by atoms with Gasteiger partial charge in [0.1, 0.15) is 6.54 Å². The minimum absolute atomic E-state index is 0.0145. The van der Waals surface area contributed by atoms with Gasteiger partial charge in [-0.3, -0.25) is 14.3 Å². The van der Waals surface area contributed by atoms with Gasteiger partial charge in [0.25, 0.3) is 11.8 Å². The van der Waals surface area contributed by atoms with Crippen LogP contribution in [0.1, 0.15) is 33.6 Å². The molecule has 3 rings (SSSR count). The smallest absolute Gasteiger partial charge is 0.378 e. The van der Waals surface area contributed by atoms with Gasteiger partial charge in [0.15, 0.2) is 11.5 Å². The van der Waals surface area contributed by atoms with E-state index < -0.39 is 23.7 Å². The van der Waals surface area contributed by atoms with Crippen molar-refractivity contribution in [2.45, 2.75) is 25.7 Å². The Hall–Kier alpha value is -3.86. The van der Waals surface area contributed by atoms with Crippen LogP contribution >= 0.6 is 11.6 Å². The Morgan fingerprint density at radius 3 is 2.68 bits per heavy atom. The van der Waals surface area contributed by atoms with Gasteiger partial charge in [-0.25, -0.2) is 4.98 Å². The lowest BCUT2D eigenvalue weighted by Gasteiger charge is -2.11. The molecule has 0 aliphatic heterocycles. The molecule has 14 heteroatoms. The molecule has 4 N–H and O–H groups in total. The number of aromatic nitrogens is 4. The van der Waals surface area contributed by atoms with E-state index in [2.05, 4.69) is 26.6 Å². The molecule has 0 aliphatic carbocycles. The monoisotopic (exact) mass is 551 g/mol. The van der Waals surface area contributed by atoms with E-state index in [4.69, 9.17) is 28.5 Å². The highest BCUT2D eigenvalue weighted by molar-refractivity contribution is 6.34. The summed E-state index contributed by atoms with van der Waals surface area (Å²) >= 11 is 6.23. The minimum Gasteiger partial charge on any atom is -0.378 e. The molecule has 2 aromatic heterocycles. The van der Waals surface area contributed by atoms with Crippen LogP contribution in [0.5, 0.6) is 0 Å². The maximum atomic E-state index is 13.5. The number of terminal acetylenes is 1. The molecular formula is C24H25ClF3N7O3. The average Bonchev–Trinajstić information content (AvgIpc) is 3.42. The number of carbonyl (C=O) groups is 2. The second-order valence-electron chi connectivity index (χ2n) is 8.27. The predicted octanol–water partition coefficient (Wildman–Crippen LogP) is 2.93. The molecule has 10 nitrogen and oxygen atoms in total. The normalized spacial score (nSPS) is 12.2. The highest BCUT2D eigenvalue weighted by atomic mass is 35.5. The van der Waals surface area contributed by atoms with Crippen LogP contribution < -0.4 is 16.4 Å². The fraction of sp³-hybridized carbons (Fsp3) is 0.333. The first-order chi connectivity index (χ1) is 17.9. The molecule has 0 radical (unpaired) electrons. The van der Waals surface area contributed by atoms with Crippen LogP contribution in [0.15, 0.2) is 30.6 Å². The van der Waals surface area contributed by atoms with Crippen molar-refractivity contribution < 1.29 is 27.5 Å². The van der Waals surface area contributed by atoms with Gasteiger partial charge in [-0.05, 0) is 25.1 Å². The highest BCUT2D eigenvalue weighted by Crippen LogP contribution is 2.36. The van der Waals surface area contributed by atoms with E-state index in [-0.39, 0.29) is 59.1 Å². The SMILES string of the molecule is C#CCn1cc(-c2cnc(C(=O)Nc3ccc(C(=O)NCCOC[C@@H](C)N)c(Cl)c3)n2C)c(C(F)(F)F)n1. The van der Waals surface area contributed by atoms with Gasteiger partial charge in [-0.2, -0.15) is 18.3 Å². The number of nitrogens with two attached hydrogens (primary N) is 1. The van der Waals surface area contributed by atoms with E-state index in [0.717, 1.165) is 17.1 Å². The number of nitrogens with one attached hydrogen (secondary N) is 2. The maximum absolute atomic E-state index is 13.5. The zero-order valence-electron chi connectivity index (χ0n) is 20.5. The molecule has 0 unspecified atom stereocenters. The van der Waals surface area contributed by atoms with E-state index in [1.54, 1.807) is 6.92 Å². The third-order valence-electron chi connectivity index (χ3n) is 5.13. The third-order valence-corrected chi connectivity index (χ3v) is 5.45.